The molecule has 0 radical (unpaired) electrons. The molecule has 1 rings (SSSR count). The van der Waals surface area contributed by atoms with Gasteiger partial charge in [-0.15, -0.1) is 12.1 Å². The Bertz CT molecular complexity index is 199. The number of rotatable bonds is 1. The van der Waals surface area contributed by atoms with Gasteiger partial charge in [0.15, 0.2) is 0 Å². The van der Waals surface area contributed by atoms with Gasteiger partial charge in [0.25, 0.3) is 0 Å². The fraction of sp³-hybridized carbons (Fsp3) is 0.111. The number of hydrogen-bond acceptors (Lipinski definition) is 0. The second-order valence-electron chi connectivity index (χ2n) is 1.81. The zero-order valence-corrected chi connectivity index (χ0v) is 11.1. The molecule has 0 bridgehead atoms. The SMILES string of the molecule is C[CH-]c1ccccc1Cl.[CH3-].[K+]. The summed E-state index contributed by atoms with van der Waals surface area (Å²) in [5, 5.41) is 0.819. The standard InChI is InChI=1S/C8H8Cl.CH3.K/c1-2-7-5-3-4-6-8(7)9;;/h2-6H,1H3;1H3;/q2*-1;+1. The summed E-state index contributed by atoms with van der Waals surface area (Å²) >= 11 is 5.79. The van der Waals surface area contributed by atoms with E-state index in [4.69, 9.17) is 11.6 Å². The first-order valence-corrected chi connectivity index (χ1v) is 3.26. The first-order valence-electron chi connectivity index (χ1n) is 2.88. The number of hydrogen-bond donors (Lipinski definition) is 0. The minimum Gasteiger partial charge on any atom is -0.358 e. The van der Waals surface area contributed by atoms with E-state index in [1.165, 1.54) is 0 Å². The molecule has 0 amide bonds. The van der Waals surface area contributed by atoms with E-state index in [0.29, 0.717) is 0 Å². The van der Waals surface area contributed by atoms with Crippen molar-refractivity contribution in [2.45, 2.75) is 6.92 Å². The van der Waals surface area contributed by atoms with Crippen LogP contribution < -0.4 is 51.4 Å². The van der Waals surface area contributed by atoms with Crippen LogP contribution in [0.2, 0.25) is 5.02 Å². The summed E-state index contributed by atoms with van der Waals surface area (Å²) < 4.78 is 0. The molecular formula is C9H11ClK-. The van der Waals surface area contributed by atoms with E-state index in [-0.39, 0.29) is 58.8 Å². The molecule has 0 nitrogen and oxygen atoms in total. The van der Waals surface area contributed by atoms with Crippen molar-refractivity contribution < 1.29 is 51.4 Å². The first kappa shape index (κ1) is 14.5. The maximum Gasteiger partial charge on any atom is 1.00 e. The molecule has 0 aliphatic carbocycles. The van der Waals surface area contributed by atoms with Crippen LogP contribution in [0.5, 0.6) is 0 Å². The van der Waals surface area contributed by atoms with Gasteiger partial charge in [0, 0.05) is 0 Å². The summed E-state index contributed by atoms with van der Waals surface area (Å²) in [6.45, 7) is 1.97. The zero-order valence-electron chi connectivity index (χ0n) is 7.26. The minimum absolute atomic E-state index is 0. The Kier molecular flexibility index (Phi) is 10.1. The van der Waals surface area contributed by atoms with Crippen molar-refractivity contribution >= 4 is 11.6 Å². The third-order valence-electron chi connectivity index (χ3n) is 1.22. The monoisotopic (exact) mass is 193 g/mol. The van der Waals surface area contributed by atoms with E-state index in [0.717, 1.165) is 10.6 Å². The summed E-state index contributed by atoms with van der Waals surface area (Å²) in [5.41, 5.74) is 1.10. The Hall–Kier alpha value is 1.02. The molecule has 0 saturated heterocycles. The predicted octanol–water partition coefficient (Wildman–Crippen LogP) is 0.367. The van der Waals surface area contributed by atoms with E-state index in [9.17, 15) is 0 Å². The van der Waals surface area contributed by atoms with Crippen molar-refractivity contribution in [2.24, 2.45) is 0 Å². The molecule has 56 valence electrons. The van der Waals surface area contributed by atoms with Crippen LogP contribution >= 0.6 is 11.6 Å². The van der Waals surface area contributed by atoms with Crippen LogP contribution in [0, 0.1) is 13.8 Å². The Morgan fingerprint density at radius 2 is 1.82 bits per heavy atom. The minimum atomic E-state index is 0. The maximum atomic E-state index is 5.79. The average Bonchev–Trinajstić information content (AvgIpc) is 1.89. The van der Waals surface area contributed by atoms with Crippen molar-refractivity contribution in [1.29, 1.82) is 0 Å². The smallest absolute Gasteiger partial charge is 0.358 e. The summed E-state index contributed by atoms with van der Waals surface area (Å²) in [6, 6.07) is 7.77. The molecule has 0 saturated carbocycles. The number of halogens is 1. The molecule has 0 aliphatic heterocycles. The van der Waals surface area contributed by atoms with Gasteiger partial charge < -0.3 is 7.43 Å². The molecule has 1 aromatic carbocycles. The number of benzene rings is 1. The molecule has 0 fully saturated rings. The summed E-state index contributed by atoms with van der Waals surface area (Å²) in [6.07, 6.45) is 1.99. The predicted molar refractivity (Wildman–Crippen MR) is 46.9 cm³/mol. The van der Waals surface area contributed by atoms with Crippen molar-refractivity contribution in [3.8, 4) is 0 Å². The molecule has 0 heterocycles. The van der Waals surface area contributed by atoms with Gasteiger partial charge in [-0.3, -0.25) is 0 Å². The molecule has 0 spiro atoms. The van der Waals surface area contributed by atoms with Crippen LogP contribution in [0.15, 0.2) is 24.3 Å². The first-order chi connectivity index (χ1) is 4.34. The molecule has 0 aliphatic rings. The Morgan fingerprint density at radius 3 is 2.18 bits per heavy atom. The molecule has 11 heavy (non-hydrogen) atoms. The van der Waals surface area contributed by atoms with Gasteiger partial charge in [-0.05, 0) is 0 Å². The van der Waals surface area contributed by atoms with Crippen LogP contribution in [0.1, 0.15) is 12.5 Å². The van der Waals surface area contributed by atoms with Crippen LogP contribution in [0.4, 0.5) is 0 Å². The average molecular weight is 194 g/mol. The van der Waals surface area contributed by atoms with Gasteiger partial charge in [0.2, 0.25) is 0 Å². The van der Waals surface area contributed by atoms with Crippen molar-refractivity contribution in [2.75, 3.05) is 0 Å². The molecule has 0 N–H and O–H groups in total. The molecule has 0 atom stereocenters. The second-order valence-corrected chi connectivity index (χ2v) is 2.22. The van der Waals surface area contributed by atoms with Crippen LogP contribution in [0.3, 0.4) is 0 Å². The van der Waals surface area contributed by atoms with Crippen molar-refractivity contribution in [3.63, 3.8) is 0 Å². The van der Waals surface area contributed by atoms with E-state index < -0.39 is 0 Å². The summed E-state index contributed by atoms with van der Waals surface area (Å²) in [7, 11) is 0. The van der Waals surface area contributed by atoms with Gasteiger partial charge >= 0.3 is 51.4 Å². The molecular weight excluding hydrogens is 183 g/mol. The maximum absolute atomic E-state index is 5.79. The molecule has 1 aromatic rings. The molecule has 0 aromatic heterocycles. The van der Waals surface area contributed by atoms with Crippen molar-refractivity contribution in [1.82, 2.24) is 0 Å². The van der Waals surface area contributed by atoms with Gasteiger partial charge in [-0.1, -0.05) is 18.0 Å². The molecule has 0 unspecified atom stereocenters. The van der Waals surface area contributed by atoms with Crippen LogP contribution in [-0.4, -0.2) is 0 Å². The van der Waals surface area contributed by atoms with Gasteiger partial charge in [-0.2, -0.15) is 29.7 Å². The normalized spacial score (nSPS) is 7.45. The zero-order chi connectivity index (χ0) is 6.69. The van der Waals surface area contributed by atoms with E-state index in [2.05, 4.69) is 0 Å². The second kappa shape index (κ2) is 7.65. The fourth-order valence-electron chi connectivity index (χ4n) is 0.709. The van der Waals surface area contributed by atoms with Gasteiger partial charge in [0.05, 0.1) is 0 Å². The fourth-order valence-corrected chi connectivity index (χ4v) is 0.954. The third-order valence-corrected chi connectivity index (χ3v) is 1.56. The Labute approximate surface area is 117 Å². The van der Waals surface area contributed by atoms with Crippen molar-refractivity contribution in [3.05, 3.63) is 48.7 Å². The van der Waals surface area contributed by atoms with Gasteiger partial charge in [-0.25, -0.2) is 0 Å². The summed E-state index contributed by atoms with van der Waals surface area (Å²) in [5.74, 6) is 0. The van der Waals surface area contributed by atoms with Gasteiger partial charge in [0.1, 0.15) is 0 Å². The van der Waals surface area contributed by atoms with E-state index in [1.54, 1.807) is 0 Å². The largest absolute Gasteiger partial charge is 1.00 e. The van der Waals surface area contributed by atoms with E-state index >= 15 is 0 Å². The third kappa shape index (κ3) is 4.56. The summed E-state index contributed by atoms with van der Waals surface area (Å²) in [4.78, 5) is 0. The van der Waals surface area contributed by atoms with Crippen LogP contribution in [-0.2, 0) is 0 Å². The topological polar surface area (TPSA) is 0 Å². The quantitative estimate of drug-likeness (QED) is 0.447. The Morgan fingerprint density at radius 1 is 1.27 bits per heavy atom. The van der Waals surface area contributed by atoms with E-state index in [1.807, 2.05) is 37.6 Å². The van der Waals surface area contributed by atoms with Crippen LogP contribution in [0.25, 0.3) is 0 Å². The molecule has 2 heteroatoms. The Balaban J connectivity index is 0.